The standard InChI is InChI=1S/C19H26O6/c1-4-12-24-18(20)13-8-5-6-9-14(13)19(21)25-17-15(22-2)10-7-11-16(17)23-3/h7,10-11,13-14H,4-6,8-9,12H2,1-3H3. The highest BCUT2D eigenvalue weighted by atomic mass is 16.6. The summed E-state index contributed by atoms with van der Waals surface area (Å²) >= 11 is 0. The van der Waals surface area contributed by atoms with E-state index >= 15 is 0 Å². The first-order valence-corrected chi connectivity index (χ1v) is 8.71. The van der Waals surface area contributed by atoms with E-state index in [9.17, 15) is 9.59 Å². The Hall–Kier alpha value is -2.24. The number of para-hydroxylation sites is 1. The Balaban J connectivity index is 2.16. The van der Waals surface area contributed by atoms with Gasteiger partial charge in [0.2, 0.25) is 5.75 Å². The van der Waals surface area contributed by atoms with E-state index in [2.05, 4.69) is 0 Å². The Kier molecular flexibility index (Phi) is 7.10. The number of esters is 2. The second kappa shape index (κ2) is 9.30. The molecule has 0 N–H and O–H groups in total. The maximum atomic E-state index is 12.8. The van der Waals surface area contributed by atoms with Gasteiger partial charge in [-0.25, -0.2) is 0 Å². The van der Waals surface area contributed by atoms with Crippen molar-refractivity contribution in [3.05, 3.63) is 18.2 Å². The highest BCUT2D eigenvalue weighted by Crippen LogP contribution is 2.39. The number of methoxy groups -OCH3 is 2. The molecule has 0 saturated heterocycles. The first-order valence-electron chi connectivity index (χ1n) is 8.71. The molecule has 138 valence electrons. The summed E-state index contributed by atoms with van der Waals surface area (Å²) in [6.45, 7) is 2.31. The van der Waals surface area contributed by atoms with E-state index in [0.717, 1.165) is 19.3 Å². The normalized spacial score (nSPS) is 19.8. The molecule has 25 heavy (non-hydrogen) atoms. The second-order valence-corrected chi connectivity index (χ2v) is 6.08. The number of rotatable bonds is 7. The molecule has 1 aliphatic carbocycles. The van der Waals surface area contributed by atoms with E-state index in [0.29, 0.717) is 30.9 Å². The van der Waals surface area contributed by atoms with Crippen molar-refractivity contribution < 1.29 is 28.5 Å². The zero-order chi connectivity index (χ0) is 18.2. The molecular formula is C19H26O6. The van der Waals surface area contributed by atoms with Crippen LogP contribution in [-0.2, 0) is 14.3 Å². The molecule has 6 nitrogen and oxygen atoms in total. The number of carbonyl (C=O) groups excluding carboxylic acids is 2. The van der Waals surface area contributed by atoms with E-state index in [4.69, 9.17) is 18.9 Å². The van der Waals surface area contributed by atoms with Gasteiger partial charge in [-0.1, -0.05) is 25.8 Å². The number of carbonyl (C=O) groups is 2. The summed E-state index contributed by atoms with van der Waals surface area (Å²) < 4.78 is 21.4. The van der Waals surface area contributed by atoms with Gasteiger partial charge in [-0.15, -0.1) is 0 Å². The minimum Gasteiger partial charge on any atom is -0.493 e. The first kappa shape index (κ1) is 19.1. The largest absolute Gasteiger partial charge is 0.493 e. The quantitative estimate of drug-likeness (QED) is 0.555. The van der Waals surface area contributed by atoms with Crippen LogP contribution in [0.1, 0.15) is 39.0 Å². The van der Waals surface area contributed by atoms with Gasteiger partial charge in [-0.05, 0) is 31.4 Å². The lowest BCUT2D eigenvalue weighted by molar-refractivity contribution is -0.158. The Morgan fingerprint density at radius 1 is 1.00 bits per heavy atom. The van der Waals surface area contributed by atoms with E-state index < -0.39 is 17.8 Å². The molecule has 2 rings (SSSR count). The molecule has 0 spiro atoms. The fraction of sp³-hybridized carbons (Fsp3) is 0.579. The predicted octanol–water partition coefficient (Wildman–Crippen LogP) is 3.37. The highest BCUT2D eigenvalue weighted by molar-refractivity contribution is 5.84. The summed E-state index contributed by atoms with van der Waals surface area (Å²) in [4.78, 5) is 25.0. The molecule has 0 amide bonds. The summed E-state index contributed by atoms with van der Waals surface area (Å²) in [5, 5.41) is 0. The molecule has 0 aromatic heterocycles. The predicted molar refractivity (Wildman–Crippen MR) is 91.9 cm³/mol. The van der Waals surface area contributed by atoms with Crippen molar-refractivity contribution in [1.82, 2.24) is 0 Å². The van der Waals surface area contributed by atoms with Crippen LogP contribution in [-0.4, -0.2) is 32.8 Å². The molecule has 2 atom stereocenters. The van der Waals surface area contributed by atoms with Crippen LogP contribution < -0.4 is 14.2 Å². The van der Waals surface area contributed by atoms with E-state index in [-0.39, 0.29) is 11.7 Å². The van der Waals surface area contributed by atoms with Gasteiger partial charge >= 0.3 is 11.9 Å². The fourth-order valence-corrected chi connectivity index (χ4v) is 3.10. The number of benzene rings is 1. The summed E-state index contributed by atoms with van der Waals surface area (Å²) in [6.07, 6.45) is 3.81. The fourth-order valence-electron chi connectivity index (χ4n) is 3.10. The number of hydrogen-bond acceptors (Lipinski definition) is 6. The van der Waals surface area contributed by atoms with Gasteiger partial charge in [-0.3, -0.25) is 9.59 Å². The monoisotopic (exact) mass is 350 g/mol. The van der Waals surface area contributed by atoms with Crippen LogP contribution in [0.25, 0.3) is 0 Å². The SMILES string of the molecule is CCCOC(=O)C1CCCCC1C(=O)Oc1c(OC)cccc1OC. The molecule has 1 fully saturated rings. The average molecular weight is 350 g/mol. The van der Waals surface area contributed by atoms with Crippen molar-refractivity contribution in [2.45, 2.75) is 39.0 Å². The third-order valence-electron chi connectivity index (χ3n) is 4.41. The maximum absolute atomic E-state index is 12.8. The van der Waals surface area contributed by atoms with Crippen LogP contribution in [0.3, 0.4) is 0 Å². The lowest BCUT2D eigenvalue weighted by Crippen LogP contribution is -2.36. The molecule has 1 saturated carbocycles. The number of ether oxygens (including phenoxy) is 4. The zero-order valence-corrected chi connectivity index (χ0v) is 15.1. The molecule has 1 aliphatic rings. The first-order chi connectivity index (χ1) is 12.1. The average Bonchev–Trinajstić information content (AvgIpc) is 2.66. The molecule has 2 unspecified atom stereocenters. The molecule has 1 aromatic carbocycles. The summed E-state index contributed by atoms with van der Waals surface area (Å²) in [7, 11) is 3.00. The van der Waals surface area contributed by atoms with Gasteiger partial charge in [0, 0.05) is 0 Å². The third-order valence-corrected chi connectivity index (χ3v) is 4.41. The molecule has 6 heteroatoms. The summed E-state index contributed by atoms with van der Waals surface area (Å²) in [5.74, 6) is -0.649. The van der Waals surface area contributed by atoms with Crippen LogP contribution in [0.4, 0.5) is 0 Å². The topological polar surface area (TPSA) is 71.1 Å². The summed E-state index contributed by atoms with van der Waals surface area (Å²) in [6, 6.07) is 5.14. The highest BCUT2D eigenvalue weighted by Gasteiger charge is 2.38. The van der Waals surface area contributed by atoms with E-state index in [1.807, 2.05) is 6.92 Å². The van der Waals surface area contributed by atoms with Gasteiger partial charge < -0.3 is 18.9 Å². The van der Waals surface area contributed by atoms with Gasteiger partial charge in [0.05, 0.1) is 32.7 Å². The van der Waals surface area contributed by atoms with Crippen molar-refractivity contribution in [2.24, 2.45) is 11.8 Å². The third kappa shape index (κ3) is 4.65. The van der Waals surface area contributed by atoms with Crippen LogP contribution >= 0.6 is 0 Å². The Bertz CT molecular complexity index is 575. The van der Waals surface area contributed by atoms with Gasteiger partial charge in [0.15, 0.2) is 11.5 Å². The van der Waals surface area contributed by atoms with E-state index in [1.54, 1.807) is 18.2 Å². The van der Waals surface area contributed by atoms with Crippen LogP contribution in [0.5, 0.6) is 17.2 Å². The maximum Gasteiger partial charge on any atom is 0.315 e. The zero-order valence-electron chi connectivity index (χ0n) is 15.1. The minimum absolute atomic E-state index is 0.240. The number of hydrogen-bond donors (Lipinski definition) is 0. The van der Waals surface area contributed by atoms with Crippen LogP contribution in [0.15, 0.2) is 18.2 Å². The van der Waals surface area contributed by atoms with Crippen molar-refractivity contribution in [3.63, 3.8) is 0 Å². The Morgan fingerprint density at radius 3 is 2.08 bits per heavy atom. The van der Waals surface area contributed by atoms with Crippen molar-refractivity contribution in [1.29, 1.82) is 0 Å². The van der Waals surface area contributed by atoms with Gasteiger partial charge in [-0.2, -0.15) is 0 Å². The van der Waals surface area contributed by atoms with Crippen molar-refractivity contribution in [3.8, 4) is 17.2 Å². The molecular weight excluding hydrogens is 324 g/mol. The van der Waals surface area contributed by atoms with Crippen LogP contribution in [0.2, 0.25) is 0 Å². The smallest absolute Gasteiger partial charge is 0.315 e. The van der Waals surface area contributed by atoms with Crippen molar-refractivity contribution in [2.75, 3.05) is 20.8 Å². The molecule has 1 aromatic rings. The Morgan fingerprint density at radius 2 is 1.56 bits per heavy atom. The van der Waals surface area contributed by atoms with Gasteiger partial charge in [0.25, 0.3) is 0 Å². The second-order valence-electron chi connectivity index (χ2n) is 6.08. The van der Waals surface area contributed by atoms with Gasteiger partial charge in [0.1, 0.15) is 0 Å². The van der Waals surface area contributed by atoms with Crippen LogP contribution in [0, 0.1) is 11.8 Å². The lowest BCUT2D eigenvalue weighted by Gasteiger charge is -2.28. The van der Waals surface area contributed by atoms with Crippen molar-refractivity contribution >= 4 is 11.9 Å². The molecule has 0 radical (unpaired) electrons. The molecule has 0 heterocycles. The summed E-state index contributed by atoms with van der Waals surface area (Å²) in [5.41, 5.74) is 0. The molecule has 0 bridgehead atoms. The molecule has 0 aliphatic heterocycles. The minimum atomic E-state index is -0.507. The lowest BCUT2D eigenvalue weighted by atomic mass is 9.79. The Labute approximate surface area is 148 Å². The van der Waals surface area contributed by atoms with E-state index in [1.165, 1.54) is 14.2 Å².